The van der Waals surface area contributed by atoms with E-state index in [1.165, 1.54) is 5.56 Å². The minimum Gasteiger partial charge on any atom is -0.478 e. The predicted octanol–water partition coefficient (Wildman–Crippen LogP) is 4.96. The molecule has 7 heteroatoms. The lowest BCUT2D eigenvalue weighted by Gasteiger charge is -2.28. The van der Waals surface area contributed by atoms with Crippen molar-refractivity contribution in [3.63, 3.8) is 0 Å². The number of nitrogens with one attached hydrogen (secondary N) is 1. The molecule has 0 aliphatic carbocycles. The molecule has 0 radical (unpaired) electrons. The Hall–Kier alpha value is -3.19. The molecule has 0 saturated carbocycles. The summed E-state index contributed by atoms with van der Waals surface area (Å²) < 4.78 is 2.12. The molecule has 6 nitrogen and oxygen atoms in total. The fourth-order valence-corrected chi connectivity index (χ4v) is 4.91. The second-order valence-corrected chi connectivity index (χ2v) is 8.58. The number of aromatic carboxylic acids is 1. The van der Waals surface area contributed by atoms with Gasteiger partial charge in [0.05, 0.1) is 23.3 Å². The third-order valence-electron chi connectivity index (χ3n) is 6.09. The highest BCUT2D eigenvalue weighted by atomic mass is 32.1. The van der Waals surface area contributed by atoms with Crippen LogP contribution in [0.2, 0.25) is 0 Å². The highest BCUT2D eigenvalue weighted by Crippen LogP contribution is 2.41. The SMILES string of the molecule is CCCCN1C(=S)N[C@@H](c2ccccn2)[C@@H]1c1cc(C)n(-c2cccc(C(=O)O)c2)c1C. The zero-order valence-corrected chi connectivity index (χ0v) is 19.4. The summed E-state index contributed by atoms with van der Waals surface area (Å²) in [5, 5.41) is 13.7. The summed E-state index contributed by atoms with van der Waals surface area (Å²) in [6.45, 7) is 7.19. The molecule has 1 saturated heterocycles. The van der Waals surface area contributed by atoms with Gasteiger partial charge >= 0.3 is 5.97 Å². The average molecular weight is 449 g/mol. The van der Waals surface area contributed by atoms with Gasteiger partial charge in [0.1, 0.15) is 0 Å². The summed E-state index contributed by atoms with van der Waals surface area (Å²) in [6, 6.07) is 15.2. The molecule has 0 unspecified atom stereocenters. The van der Waals surface area contributed by atoms with Crippen LogP contribution in [0.1, 0.15) is 64.9 Å². The van der Waals surface area contributed by atoms with Crippen molar-refractivity contribution in [3.8, 4) is 5.69 Å². The molecule has 166 valence electrons. The summed E-state index contributed by atoms with van der Waals surface area (Å²) in [4.78, 5) is 18.4. The molecule has 0 spiro atoms. The number of unbranched alkanes of at least 4 members (excludes halogenated alkanes) is 1. The number of carboxylic acids is 1. The van der Waals surface area contributed by atoms with Crippen LogP contribution < -0.4 is 5.32 Å². The fraction of sp³-hybridized carbons (Fsp3) is 0.320. The van der Waals surface area contributed by atoms with Gasteiger partial charge in [0.15, 0.2) is 5.11 Å². The van der Waals surface area contributed by atoms with E-state index in [-0.39, 0.29) is 17.6 Å². The predicted molar refractivity (Wildman–Crippen MR) is 129 cm³/mol. The maximum Gasteiger partial charge on any atom is 0.335 e. The van der Waals surface area contributed by atoms with Gasteiger partial charge in [-0.25, -0.2) is 4.79 Å². The van der Waals surface area contributed by atoms with Gasteiger partial charge in [-0.05, 0) is 74.4 Å². The number of carboxylic acid groups (broad SMARTS) is 1. The lowest BCUT2D eigenvalue weighted by atomic mass is 9.96. The molecule has 1 fully saturated rings. The first-order chi connectivity index (χ1) is 15.4. The number of thiocarbonyl (C=S) groups is 1. The third kappa shape index (κ3) is 4.00. The van der Waals surface area contributed by atoms with E-state index in [0.717, 1.165) is 47.3 Å². The Morgan fingerprint density at radius 1 is 1.19 bits per heavy atom. The zero-order chi connectivity index (χ0) is 22.8. The first-order valence-electron chi connectivity index (χ1n) is 10.9. The van der Waals surface area contributed by atoms with Gasteiger partial charge in [0.2, 0.25) is 0 Å². The highest BCUT2D eigenvalue weighted by Gasteiger charge is 2.41. The quantitative estimate of drug-likeness (QED) is 0.498. The molecule has 4 rings (SSSR count). The molecule has 2 atom stereocenters. The van der Waals surface area contributed by atoms with Crippen LogP contribution >= 0.6 is 12.2 Å². The van der Waals surface area contributed by atoms with E-state index in [1.54, 1.807) is 18.2 Å². The van der Waals surface area contributed by atoms with Gasteiger partial charge in [-0.2, -0.15) is 0 Å². The summed E-state index contributed by atoms with van der Waals surface area (Å²) in [7, 11) is 0. The van der Waals surface area contributed by atoms with Crippen LogP contribution in [0.4, 0.5) is 0 Å². The molecule has 1 aliphatic rings. The molecule has 0 bridgehead atoms. The molecule has 1 aromatic carbocycles. The van der Waals surface area contributed by atoms with Crippen LogP contribution in [-0.4, -0.2) is 37.2 Å². The van der Waals surface area contributed by atoms with E-state index >= 15 is 0 Å². The smallest absolute Gasteiger partial charge is 0.335 e. The number of aryl methyl sites for hydroxylation is 1. The van der Waals surface area contributed by atoms with Crippen molar-refractivity contribution in [2.24, 2.45) is 0 Å². The molecule has 0 amide bonds. The Labute approximate surface area is 193 Å². The maximum absolute atomic E-state index is 11.5. The van der Waals surface area contributed by atoms with Crippen molar-refractivity contribution in [2.75, 3.05) is 6.54 Å². The lowest BCUT2D eigenvalue weighted by molar-refractivity contribution is 0.0697. The molecule has 3 aromatic rings. The van der Waals surface area contributed by atoms with Crippen molar-refractivity contribution in [2.45, 2.75) is 45.7 Å². The van der Waals surface area contributed by atoms with E-state index in [2.05, 4.69) is 46.6 Å². The number of aromatic nitrogens is 2. The number of rotatable bonds is 7. The fourth-order valence-electron chi connectivity index (χ4n) is 4.58. The Bertz CT molecular complexity index is 1140. The average Bonchev–Trinajstić information content (AvgIpc) is 3.27. The van der Waals surface area contributed by atoms with Crippen LogP contribution in [0, 0.1) is 13.8 Å². The molecular formula is C25H28N4O2S. The Morgan fingerprint density at radius 2 is 2.00 bits per heavy atom. The van der Waals surface area contributed by atoms with Crippen LogP contribution in [0.25, 0.3) is 5.69 Å². The van der Waals surface area contributed by atoms with Gasteiger partial charge < -0.3 is 19.9 Å². The second kappa shape index (κ2) is 9.12. The van der Waals surface area contributed by atoms with Crippen LogP contribution in [-0.2, 0) is 0 Å². The number of nitrogens with zero attached hydrogens (tertiary/aromatic N) is 3. The van der Waals surface area contributed by atoms with Crippen molar-refractivity contribution in [1.29, 1.82) is 0 Å². The molecule has 3 heterocycles. The second-order valence-electron chi connectivity index (χ2n) is 8.19. The molecule has 2 N–H and O–H groups in total. The van der Waals surface area contributed by atoms with Crippen molar-refractivity contribution >= 4 is 23.3 Å². The topological polar surface area (TPSA) is 70.4 Å². The maximum atomic E-state index is 11.5. The van der Waals surface area contributed by atoms with Crippen molar-refractivity contribution < 1.29 is 9.90 Å². The van der Waals surface area contributed by atoms with Crippen molar-refractivity contribution in [3.05, 3.63) is 82.9 Å². The van der Waals surface area contributed by atoms with Gasteiger partial charge in [-0.15, -0.1) is 0 Å². The number of carbonyl (C=O) groups is 1. The Morgan fingerprint density at radius 3 is 2.69 bits per heavy atom. The largest absolute Gasteiger partial charge is 0.478 e. The molecule has 32 heavy (non-hydrogen) atoms. The van der Waals surface area contributed by atoms with E-state index in [0.29, 0.717) is 0 Å². The third-order valence-corrected chi connectivity index (χ3v) is 6.44. The van der Waals surface area contributed by atoms with Gasteiger partial charge in [-0.1, -0.05) is 25.5 Å². The molecular weight excluding hydrogens is 420 g/mol. The van der Waals surface area contributed by atoms with E-state index in [9.17, 15) is 9.90 Å². The number of hydrogen-bond acceptors (Lipinski definition) is 3. The van der Waals surface area contributed by atoms with Crippen molar-refractivity contribution in [1.82, 2.24) is 19.8 Å². The molecule has 2 aromatic heterocycles. The first kappa shape index (κ1) is 22.0. The lowest BCUT2D eigenvalue weighted by Crippen LogP contribution is -2.30. The first-order valence-corrected chi connectivity index (χ1v) is 11.3. The summed E-state index contributed by atoms with van der Waals surface area (Å²) in [6.07, 6.45) is 3.94. The normalized spacial score (nSPS) is 18.1. The summed E-state index contributed by atoms with van der Waals surface area (Å²) >= 11 is 5.75. The standard InChI is InChI=1S/C25H28N4O2S/c1-4-5-13-28-23(22(27-25(28)32)21-11-6-7-12-26-21)20-14-16(2)29(17(20)3)19-10-8-9-18(15-19)24(30)31/h6-12,14-15,22-23H,4-5,13H2,1-3H3,(H,27,32)(H,30,31)/t22-,23-/m0/s1. The highest BCUT2D eigenvalue weighted by molar-refractivity contribution is 7.80. The van der Waals surface area contributed by atoms with Crippen LogP contribution in [0.3, 0.4) is 0 Å². The van der Waals surface area contributed by atoms with Gasteiger partial charge in [-0.3, -0.25) is 4.98 Å². The Balaban J connectivity index is 1.82. The summed E-state index contributed by atoms with van der Waals surface area (Å²) in [5.41, 5.74) is 5.36. The number of benzene rings is 1. The van der Waals surface area contributed by atoms with Crippen LogP contribution in [0.5, 0.6) is 0 Å². The van der Waals surface area contributed by atoms with Gasteiger partial charge in [0.25, 0.3) is 0 Å². The van der Waals surface area contributed by atoms with E-state index in [4.69, 9.17) is 12.2 Å². The monoisotopic (exact) mass is 448 g/mol. The Kier molecular flexibility index (Phi) is 6.28. The zero-order valence-electron chi connectivity index (χ0n) is 18.6. The summed E-state index contributed by atoms with van der Waals surface area (Å²) in [5.74, 6) is -0.930. The van der Waals surface area contributed by atoms with E-state index < -0.39 is 5.97 Å². The minimum atomic E-state index is -0.930. The number of hydrogen-bond donors (Lipinski definition) is 2. The number of pyridine rings is 1. The van der Waals surface area contributed by atoms with E-state index in [1.807, 2.05) is 30.5 Å². The minimum absolute atomic E-state index is 0.00607. The molecule has 1 aliphatic heterocycles. The van der Waals surface area contributed by atoms with Gasteiger partial charge in [0, 0.05) is 29.8 Å². The van der Waals surface area contributed by atoms with Crippen LogP contribution in [0.15, 0.2) is 54.7 Å².